The number of amides is 1. The van der Waals surface area contributed by atoms with Crippen molar-refractivity contribution >= 4 is 80.2 Å². The summed E-state index contributed by atoms with van der Waals surface area (Å²) in [5.41, 5.74) is 15.1. The average molecular weight is 1050 g/mol. The van der Waals surface area contributed by atoms with Gasteiger partial charge in [-0.25, -0.2) is 0 Å². The Hall–Kier alpha value is -4.61. The van der Waals surface area contributed by atoms with Gasteiger partial charge in [-0.3, -0.25) is 4.79 Å². The third-order valence-electron chi connectivity index (χ3n) is 15.2. The van der Waals surface area contributed by atoms with E-state index in [2.05, 4.69) is 174 Å². The number of aromatic nitrogens is 2. The molecule has 8 rings (SSSR count). The average Bonchev–Trinajstić information content (AvgIpc) is 4.21. The fourth-order valence-corrected chi connectivity index (χ4v) is 15.2. The van der Waals surface area contributed by atoms with Crippen LogP contribution in [0.3, 0.4) is 0 Å². The molecule has 0 saturated carbocycles. The van der Waals surface area contributed by atoms with Crippen LogP contribution < -0.4 is 10.2 Å². The number of aryl methyl sites for hydroxylation is 4. The molecule has 0 saturated heterocycles. The van der Waals surface area contributed by atoms with E-state index in [4.69, 9.17) is 8.75 Å². The highest BCUT2D eigenvalue weighted by Gasteiger charge is 2.42. The normalized spacial score (nSPS) is 15.5. The molecule has 3 aromatic heterocycles. The van der Waals surface area contributed by atoms with Crippen LogP contribution in [-0.4, -0.2) is 50.8 Å². The van der Waals surface area contributed by atoms with Gasteiger partial charge in [0.25, 0.3) is 0 Å². The van der Waals surface area contributed by atoms with Gasteiger partial charge in [-0.05, 0) is 112 Å². The van der Waals surface area contributed by atoms with E-state index in [9.17, 15) is 4.79 Å². The molecular weight excluding hydrogens is 971 g/mol. The first-order chi connectivity index (χ1) is 35.4. The van der Waals surface area contributed by atoms with Crippen molar-refractivity contribution in [2.45, 2.75) is 167 Å². The molecule has 0 unspecified atom stereocenters. The van der Waals surface area contributed by atoms with Crippen molar-refractivity contribution in [2.75, 3.05) is 30.8 Å². The number of anilines is 1. The third-order valence-corrected chi connectivity index (χ3v) is 19.5. The van der Waals surface area contributed by atoms with Crippen molar-refractivity contribution in [2.24, 2.45) is 0 Å². The zero-order valence-electron chi connectivity index (χ0n) is 45.3. The zero-order chi connectivity index (χ0) is 51.5. The van der Waals surface area contributed by atoms with Crippen molar-refractivity contribution in [1.82, 2.24) is 14.1 Å². The topological polar surface area (TPSA) is 61.1 Å². The number of rotatable bonds is 26. The first-order valence-corrected chi connectivity index (χ1v) is 30.8. The molecule has 0 spiro atoms. The van der Waals surface area contributed by atoms with Crippen LogP contribution in [0.1, 0.15) is 158 Å². The SMILES string of the molecule is CCCCCCc1cc(-c2cc(SCCC(=O)NCCCCN3/C(=C/C=C/C=C/C4=[N+](C)c5ccccc5C4(C)C)C(C)(C)c4ccccc43)c(-c3cc(CCCCCC)c(CC)s3)c3nsnc23)sc1CC. The lowest BCUT2D eigenvalue weighted by Crippen LogP contribution is -2.28. The lowest BCUT2D eigenvalue weighted by Gasteiger charge is -2.27. The summed E-state index contributed by atoms with van der Waals surface area (Å²) in [6, 6.07) is 24.9. The Morgan fingerprint density at radius 2 is 1.38 bits per heavy atom. The number of hydrogen-bond donors (Lipinski definition) is 1. The van der Waals surface area contributed by atoms with E-state index >= 15 is 0 Å². The number of unbranched alkanes of at least 4 members (excludes halogenated alkanes) is 7. The standard InChI is InChI=1S/C63H79N5OS4/c1-10-14-16-19-29-44-41-53(71-51(44)12-3)46-43-54(59(61-60(46)65-73-66-61)55-42-45(52(13-4)72-55)30-20-17-15-11-2)70-40-37-58(69)64-38-27-28-39-68-50-34-26-24-32-48(50)63(7,8)57(68)36-22-18-21-35-56-62(5,6)47-31-23-25-33-49(47)67(56)9/h18,21-26,31-36,41-43H,10-17,19-20,27-30,37-40H2,1-9H3/p+1. The van der Waals surface area contributed by atoms with Gasteiger partial charge in [0, 0.05) is 95.3 Å². The van der Waals surface area contributed by atoms with Crippen LogP contribution in [0.2, 0.25) is 0 Å². The Labute approximate surface area is 454 Å². The minimum Gasteiger partial charge on any atom is -0.356 e. The number of carbonyl (C=O) groups is 1. The van der Waals surface area contributed by atoms with Crippen molar-refractivity contribution in [1.29, 1.82) is 0 Å². The van der Waals surface area contributed by atoms with E-state index in [1.807, 2.05) is 34.4 Å². The Bertz CT molecular complexity index is 2980. The maximum atomic E-state index is 13.6. The molecule has 6 aromatic rings. The monoisotopic (exact) mass is 1050 g/mol. The largest absolute Gasteiger partial charge is 0.356 e. The molecule has 10 heteroatoms. The fourth-order valence-electron chi connectivity index (χ4n) is 11.2. The maximum Gasteiger partial charge on any atom is 0.220 e. The van der Waals surface area contributed by atoms with Crippen LogP contribution in [0.15, 0.2) is 108 Å². The molecule has 1 N–H and O–H groups in total. The number of carbonyl (C=O) groups excluding carboxylic acids is 1. The summed E-state index contributed by atoms with van der Waals surface area (Å²) in [5.74, 6) is 0.811. The molecule has 0 bridgehead atoms. The van der Waals surface area contributed by atoms with Crippen LogP contribution in [0.4, 0.5) is 11.4 Å². The first kappa shape index (κ1) is 54.6. The molecule has 386 valence electrons. The predicted molar refractivity (Wildman–Crippen MR) is 320 cm³/mol. The van der Waals surface area contributed by atoms with Crippen LogP contribution in [0.25, 0.3) is 31.9 Å². The maximum absolute atomic E-state index is 13.6. The summed E-state index contributed by atoms with van der Waals surface area (Å²) in [4.78, 5) is 22.8. The van der Waals surface area contributed by atoms with Gasteiger partial charge >= 0.3 is 0 Å². The minimum atomic E-state index is -0.126. The zero-order valence-corrected chi connectivity index (χ0v) is 48.6. The van der Waals surface area contributed by atoms with Crippen molar-refractivity contribution in [3.05, 3.63) is 135 Å². The molecule has 0 fully saturated rings. The van der Waals surface area contributed by atoms with Gasteiger partial charge in [-0.2, -0.15) is 13.3 Å². The van der Waals surface area contributed by atoms with E-state index in [0.717, 1.165) is 56.1 Å². The minimum absolute atomic E-state index is 0.0507. The molecule has 5 heterocycles. The number of para-hydroxylation sites is 2. The number of nitrogens with one attached hydrogen (secondary N) is 1. The summed E-state index contributed by atoms with van der Waals surface area (Å²) in [5, 5.41) is 3.30. The number of thioether (sulfide) groups is 1. The lowest BCUT2D eigenvalue weighted by atomic mass is 9.81. The summed E-state index contributed by atoms with van der Waals surface area (Å²) in [6.45, 7) is 20.0. The van der Waals surface area contributed by atoms with Gasteiger partial charge in [0.2, 0.25) is 11.6 Å². The van der Waals surface area contributed by atoms with Gasteiger partial charge in [-0.15, -0.1) is 34.4 Å². The van der Waals surface area contributed by atoms with Gasteiger partial charge in [0.1, 0.15) is 18.1 Å². The van der Waals surface area contributed by atoms with E-state index in [0.29, 0.717) is 18.7 Å². The number of fused-ring (bicyclic) bond motifs is 3. The number of thiophene rings is 2. The molecule has 6 nitrogen and oxygen atoms in total. The van der Waals surface area contributed by atoms with E-state index < -0.39 is 0 Å². The number of nitrogens with zero attached hydrogens (tertiary/aromatic N) is 4. The molecule has 3 aromatic carbocycles. The second kappa shape index (κ2) is 25.3. The fraction of sp³-hybridized carbons (Fsp3) is 0.460. The molecule has 1 amide bonds. The third kappa shape index (κ3) is 12.2. The van der Waals surface area contributed by atoms with Gasteiger partial charge in [-0.1, -0.05) is 135 Å². The Morgan fingerprint density at radius 1 is 0.726 bits per heavy atom. The van der Waals surface area contributed by atoms with E-state index in [-0.39, 0.29) is 16.7 Å². The second-order valence-electron chi connectivity index (χ2n) is 21.0. The lowest BCUT2D eigenvalue weighted by molar-refractivity contribution is -0.401. The first-order valence-electron chi connectivity index (χ1n) is 27.5. The van der Waals surface area contributed by atoms with Crippen molar-refractivity contribution in [3.63, 3.8) is 0 Å². The molecule has 2 aliphatic rings. The summed E-state index contributed by atoms with van der Waals surface area (Å²) in [7, 11) is 2.17. The highest BCUT2D eigenvalue weighted by Crippen LogP contribution is 2.49. The van der Waals surface area contributed by atoms with Crippen LogP contribution in [0, 0.1) is 0 Å². The Morgan fingerprint density at radius 3 is 2.08 bits per heavy atom. The highest BCUT2D eigenvalue weighted by atomic mass is 32.2. The molecular formula is C63H80N5OS4+. The molecule has 0 radical (unpaired) electrons. The summed E-state index contributed by atoms with van der Waals surface area (Å²) in [6.07, 6.45) is 27.9. The summed E-state index contributed by atoms with van der Waals surface area (Å²) < 4.78 is 12.4. The number of hydrogen-bond acceptors (Lipinski definition) is 8. The molecule has 0 aliphatic carbocycles. The van der Waals surface area contributed by atoms with E-state index in [1.54, 1.807) is 0 Å². The van der Waals surface area contributed by atoms with Crippen LogP contribution in [-0.2, 0) is 41.3 Å². The van der Waals surface area contributed by atoms with Crippen molar-refractivity contribution in [3.8, 4) is 20.9 Å². The highest BCUT2D eigenvalue weighted by molar-refractivity contribution is 7.99. The Balaban J connectivity index is 0.929. The predicted octanol–water partition coefficient (Wildman–Crippen LogP) is 17.4. The molecule has 73 heavy (non-hydrogen) atoms. The Kier molecular flexibility index (Phi) is 18.9. The number of benzene rings is 3. The van der Waals surface area contributed by atoms with Gasteiger partial charge in [0.05, 0.1) is 17.1 Å². The molecule has 0 atom stereocenters. The number of allylic oxidation sites excluding steroid dienone is 6. The van der Waals surface area contributed by atoms with Gasteiger partial charge in [0.15, 0.2) is 5.71 Å². The van der Waals surface area contributed by atoms with Crippen LogP contribution >= 0.6 is 46.2 Å². The quantitative estimate of drug-likeness (QED) is 0.0254. The second-order valence-corrected chi connectivity index (χ2v) is 25.0. The van der Waals surface area contributed by atoms with Gasteiger partial charge < -0.3 is 10.2 Å². The van der Waals surface area contributed by atoms with E-state index in [1.165, 1.54) is 144 Å². The molecule has 2 aliphatic heterocycles. The van der Waals surface area contributed by atoms with Crippen molar-refractivity contribution < 1.29 is 9.37 Å². The summed E-state index contributed by atoms with van der Waals surface area (Å²) >= 11 is 7.00. The van der Waals surface area contributed by atoms with Crippen LogP contribution in [0.5, 0.6) is 0 Å². The smallest absolute Gasteiger partial charge is 0.220 e.